The number of aliphatic hydroxyl groups excluding tert-OH is 2. The molecule has 0 fully saturated rings. The molecule has 53 valence electrons. The van der Waals surface area contributed by atoms with Gasteiger partial charge in [0.25, 0.3) is 0 Å². The Morgan fingerprint density at radius 1 is 1.30 bits per heavy atom. The first kappa shape index (κ1) is 7.02. The molecule has 1 rings (SSSR count). The average Bonchev–Trinajstić information content (AvgIpc) is 1.84. The molecule has 0 atom stereocenters. The van der Waals surface area contributed by atoms with Crippen molar-refractivity contribution < 1.29 is 15.0 Å². The van der Waals surface area contributed by atoms with E-state index in [1.54, 1.807) is 6.92 Å². The van der Waals surface area contributed by atoms with Crippen LogP contribution in [-0.4, -0.2) is 16.0 Å². The monoisotopic (exact) mass is 139 g/mol. The summed E-state index contributed by atoms with van der Waals surface area (Å²) in [5.41, 5.74) is 0.497. The van der Waals surface area contributed by atoms with Gasteiger partial charge in [-0.2, -0.15) is 0 Å². The van der Waals surface area contributed by atoms with Crippen LogP contribution in [0.3, 0.4) is 0 Å². The molecule has 0 spiro atoms. The van der Waals surface area contributed by atoms with Crippen molar-refractivity contribution >= 4 is 5.78 Å². The first-order valence-electron chi connectivity index (χ1n) is 2.81. The van der Waals surface area contributed by atoms with E-state index in [2.05, 4.69) is 0 Å². The van der Waals surface area contributed by atoms with Crippen LogP contribution in [0.25, 0.3) is 0 Å². The molecule has 1 aliphatic carbocycles. The van der Waals surface area contributed by atoms with Gasteiger partial charge in [-0.25, -0.2) is 0 Å². The Hall–Kier alpha value is -1.09. The van der Waals surface area contributed by atoms with E-state index in [9.17, 15) is 4.79 Å². The Morgan fingerprint density at radius 2 is 1.90 bits per heavy atom. The Kier molecular flexibility index (Phi) is 1.59. The van der Waals surface area contributed by atoms with Crippen molar-refractivity contribution in [2.45, 2.75) is 6.92 Å². The second-order valence-electron chi connectivity index (χ2n) is 2.11. The topological polar surface area (TPSA) is 57.5 Å². The van der Waals surface area contributed by atoms with Gasteiger partial charge in [0, 0.05) is 6.08 Å². The van der Waals surface area contributed by atoms with Crippen molar-refractivity contribution in [2.24, 2.45) is 0 Å². The zero-order valence-corrected chi connectivity index (χ0v) is 5.46. The van der Waals surface area contributed by atoms with Gasteiger partial charge in [-0.1, -0.05) is 0 Å². The highest BCUT2D eigenvalue weighted by Crippen LogP contribution is 2.16. The fourth-order valence-corrected chi connectivity index (χ4v) is 0.662. The summed E-state index contributed by atoms with van der Waals surface area (Å²) < 4.78 is 0. The molecule has 3 heteroatoms. The molecule has 0 unspecified atom stereocenters. The standard InChI is InChI=1S/C7H7O3/c1-4-2-6(9)7(10)3-5(4)8/h2-3,8-9H,1H3. The van der Waals surface area contributed by atoms with Gasteiger partial charge in [-0.05, 0) is 18.6 Å². The Balaban J connectivity index is 2.94. The van der Waals surface area contributed by atoms with Crippen LogP contribution in [0.2, 0.25) is 0 Å². The minimum atomic E-state index is -0.553. The summed E-state index contributed by atoms with van der Waals surface area (Å²) in [5.74, 6) is -0.633. The minimum Gasteiger partial charge on any atom is -0.508 e. The summed E-state index contributed by atoms with van der Waals surface area (Å²) in [6.07, 6.45) is 1.90. The third-order valence-electron chi connectivity index (χ3n) is 1.28. The molecule has 0 aromatic heterocycles. The molecular weight excluding hydrogens is 132 g/mol. The predicted octanol–water partition coefficient (Wildman–Crippen LogP) is 0.862. The molecule has 3 nitrogen and oxygen atoms in total. The molecule has 0 amide bonds. The second-order valence-corrected chi connectivity index (χ2v) is 2.11. The molecule has 0 saturated carbocycles. The molecule has 0 aromatic rings. The van der Waals surface area contributed by atoms with Gasteiger partial charge in [-0.3, -0.25) is 4.79 Å². The zero-order valence-electron chi connectivity index (χ0n) is 5.46. The van der Waals surface area contributed by atoms with E-state index < -0.39 is 5.78 Å². The quantitative estimate of drug-likeness (QED) is 0.523. The third kappa shape index (κ3) is 1.09. The third-order valence-corrected chi connectivity index (χ3v) is 1.28. The maximum Gasteiger partial charge on any atom is 0.198 e. The number of allylic oxidation sites excluding steroid dienone is 1. The number of ketones is 1. The number of aliphatic hydroxyl groups is 2. The molecular formula is C7H7O3. The van der Waals surface area contributed by atoms with Crippen LogP contribution in [0.4, 0.5) is 0 Å². The van der Waals surface area contributed by atoms with Gasteiger partial charge in [0.2, 0.25) is 0 Å². The van der Waals surface area contributed by atoms with Crippen molar-refractivity contribution in [1.82, 2.24) is 0 Å². The Labute approximate surface area is 58.3 Å². The first-order valence-corrected chi connectivity index (χ1v) is 2.81. The predicted molar refractivity (Wildman–Crippen MR) is 34.7 cm³/mol. The van der Waals surface area contributed by atoms with E-state index in [4.69, 9.17) is 10.2 Å². The lowest BCUT2D eigenvalue weighted by Gasteiger charge is -2.08. The molecule has 0 aromatic carbocycles. The van der Waals surface area contributed by atoms with Crippen LogP contribution in [0.1, 0.15) is 6.92 Å². The second kappa shape index (κ2) is 2.27. The largest absolute Gasteiger partial charge is 0.508 e. The fraction of sp³-hybridized carbons (Fsp3) is 0.143. The highest BCUT2D eigenvalue weighted by molar-refractivity contribution is 6.03. The van der Waals surface area contributed by atoms with Gasteiger partial charge in [0.15, 0.2) is 11.9 Å². The Morgan fingerprint density at radius 3 is 2.40 bits per heavy atom. The van der Waals surface area contributed by atoms with Crippen molar-refractivity contribution in [3.8, 4) is 0 Å². The van der Waals surface area contributed by atoms with Crippen molar-refractivity contribution in [3.63, 3.8) is 0 Å². The van der Waals surface area contributed by atoms with Crippen molar-refractivity contribution in [2.75, 3.05) is 0 Å². The smallest absolute Gasteiger partial charge is 0.198 e. The number of carbonyl (C=O) groups excluding carboxylic acids is 1. The molecule has 2 N–H and O–H groups in total. The fourth-order valence-electron chi connectivity index (χ4n) is 0.662. The van der Waals surface area contributed by atoms with E-state index in [-0.39, 0.29) is 11.9 Å². The van der Waals surface area contributed by atoms with Gasteiger partial charge >= 0.3 is 0 Å². The molecule has 0 heterocycles. The molecule has 1 radical (unpaired) electrons. The lowest BCUT2D eigenvalue weighted by atomic mass is 10.0. The summed E-state index contributed by atoms with van der Waals surface area (Å²) >= 11 is 0. The van der Waals surface area contributed by atoms with E-state index >= 15 is 0 Å². The molecule has 0 saturated heterocycles. The van der Waals surface area contributed by atoms with Gasteiger partial charge in [-0.15, -0.1) is 0 Å². The van der Waals surface area contributed by atoms with Crippen LogP contribution >= 0.6 is 0 Å². The van der Waals surface area contributed by atoms with Crippen LogP contribution in [0, 0.1) is 6.10 Å². The maximum absolute atomic E-state index is 10.6. The van der Waals surface area contributed by atoms with E-state index in [0.29, 0.717) is 5.57 Å². The summed E-state index contributed by atoms with van der Waals surface area (Å²) in [6.45, 7) is 1.61. The van der Waals surface area contributed by atoms with Gasteiger partial charge < -0.3 is 10.2 Å². The highest BCUT2D eigenvalue weighted by atomic mass is 16.3. The average molecular weight is 139 g/mol. The lowest BCUT2D eigenvalue weighted by molar-refractivity contribution is -0.116. The van der Waals surface area contributed by atoms with Crippen molar-refractivity contribution in [1.29, 1.82) is 0 Å². The molecule has 0 bridgehead atoms. The zero-order chi connectivity index (χ0) is 7.72. The number of hydrogen-bond acceptors (Lipinski definition) is 3. The van der Waals surface area contributed by atoms with Gasteiger partial charge in [0.05, 0.1) is 0 Å². The summed E-state index contributed by atoms with van der Waals surface area (Å²) in [7, 11) is 0. The van der Waals surface area contributed by atoms with Crippen LogP contribution < -0.4 is 0 Å². The minimum absolute atomic E-state index is 0.0807. The number of carbonyl (C=O) groups is 1. The summed E-state index contributed by atoms with van der Waals surface area (Å²) in [4.78, 5) is 10.6. The number of hydrogen-bond donors (Lipinski definition) is 2. The Bertz CT molecular complexity index is 225. The maximum atomic E-state index is 10.6. The van der Waals surface area contributed by atoms with Crippen LogP contribution in [-0.2, 0) is 4.79 Å². The van der Waals surface area contributed by atoms with E-state index in [1.807, 2.05) is 0 Å². The molecule has 0 aliphatic heterocycles. The van der Waals surface area contributed by atoms with Crippen LogP contribution in [0.15, 0.2) is 23.5 Å². The number of rotatable bonds is 0. The van der Waals surface area contributed by atoms with E-state index in [0.717, 1.165) is 6.08 Å². The molecule has 1 aliphatic rings. The molecule has 10 heavy (non-hydrogen) atoms. The SMILES string of the molecule is CC1=C[C](O)C(=O)C=C1O. The van der Waals surface area contributed by atoms with Crippen molar-refractivity contribution in [3.05, 3.63) is 29.6 Å². The van der Waals surface area contributed by atoms with E-state index in [1.165, 1.54) is 6.08 Å². The lowest BCUT2D eigenvalue weighted by Crippen LogP contribution is -2.11. The summed E-state index contributed by atoms with van der Waals surface area (Å²) in [6, 6.07) is 0. The van der Waals surface area contributed by atoms with Crippen LogP contribution in [0.5, 0.6) is 0 Å². The normalized spacial score (nSPS) is 20.4. The summed E-state index contributed by atoms with van der Waals surface area (Å²) in [5, 5.41) is 17.7. The van der Waals surface area contributed by atoms with Gasteiger partial charge in [0.1, 0.15) is 5.76 Å². The first-order chi connectivity index (χ1) is 4.61. The highest BCUT2D eigenvalue weighted by Gasteiger charge is 2.18.